The monoisotopic (exact) mass is 375 g/mol. The van der Waals surface area contributed by atoms with Crippen LogP contribution in [0, 0.1) is 6.92 Å². The number of sulfone groups is 1. The average molecular weight is 376 g/mol. The number of halogens is 1. The molecule has 0 saturated carbocycles. The van der Waals surface area contributed by atoms with Crippen LogP contribution in [0.15, 0.2) is 59.5 Å². The maximum absolute atomic E-state index is 11.6. The smallest absolute Gasteiger partial charge is 0.175 e. The fourth-order valence-electron chi connectivity index (χ4n) is 2.77. The maximum atomic E-state index is 11.6. The van der Waals surface area contributed by atoms with Crippen molar-refractivity contribution in [2.45, 2.75) is 11.8 Å². The molecule has 0 fully saturated rings. The van der Waals surface area contributed by atoms with Gasteiger partial charge in [0.05, 0.1) is 22.7 Å². The van der Waals surface area contributed by atoms with Crippen LogP contribution in [-0.4, -0.2) is 26.4 Å². The lowest BCUT2D eigenvalue weighted by Crippen LogP contribution is -2.00. The van der Waals surface area contributed by atoms with Gasteiger partial charge in [-0.2, -0.15) is 0 Å². The summed E-state index contributed by atoms with van der Waals surface area (Å²) in [6.07, 6.45) is 1.20. The summed E-state index contributed by atoms with van der Waals surface area (Å²) in [5.41, 5.74) is 3.84. The summed E-state index contributed by atoms with van der Waals surface area (Å²) in [7, 11) is -1.63. The molecule has 25 heavy (non-hydrogen) atoms. The summed E-state index contributed by atoms with van der Waals surface area (Å²) in [6.45, 7) is 2.01. The third-order valence-corrected chi connectivity index (χ3v) is 5.47. The zero-order valence-electron chi connectivity index (χ0n) is 14.2. The molecule has 0 spiro atoms. The van der Waals surface area contributed by atoms with Gasteiger partial charge in [0.15, 0.2) is 9.84 Å². The predicted octanol–water partition coefficient (Wildman–Crippen LogP) is 4.52. The molecule has 4 nitrogen and oxygen atoms in total. The lowest BCUT2D eigenvalue weighted by Gasteiger charge is -2.14. The third kappa shape index (κ3) is 3.43. The van der Waals surface area contributed by atoms with Gasteiger partial charge in [-0.1, -0.05) is 23.7 Å². The van der Waals surface area contributed by atoms with Gasteiger partial charge < -0.3 is 9.30 Å². The van der Waals surface area contributed by atoms with Gasteiger partial charge in [0.2, 0.25) is 0 Å². The van der Waals surface area contributed by atoms with Crippen LogP contribution < -0.4 is 4.74 Å². The topological polar surface area (TPSA) is 48.3 Å². The van der Waals surface area contributed by atoms with E-state index in [0.717, 1.165) is 22.6 Å². The highest BCUT2D eigenvalue weighted by molar-refractivity contribution is 7.90. The lowest BCUT2D eigenvalue weighted by atomic mass is 10.1. The molecule has 0 unspecified atom stereocenters. The van der Waals surface area contributed by atoms with Crippen molar-refractivity contribution in [3.05, 3.63) is 65.3 Å². The summed E-state index contributed by atoms with van der Waals surface area (Å²) in [6, 6.07) is 16.5. The van der Waals surface area contributed by atoms with Gasteiger partial charge in [-0.25, -0.2) is 8.42 Å². The van der Waals surface area contributed by atoms with Crippen molar-refractivity contribution >= 4 is 21.4 Å². The predicted molar refractivity (Wildman–Crippen MR) is 101 cm³/mol. The second-order valence-corrected chi connectivity index (χ2v) is 8.23. The summed E-state index contributed by atoms with van der Waals surface area (Å²) in [5.74, 6) is 0.620. The molecule has 3 aromatic rings. The quantitative estimate of drug-likeness (QED) is 0.673. The molecule has 6 heteroatoms. The van der Waals surface area contributed by atoms with E-state index in [4.69, 9.17) is 16.3 Å². The van der Waals surface area contributed by atoms with Crippen molar-refractivity contribution < 1.29 is 13.2 Å². The van der Waals surface area contributed by atoms with Crippen molar-refractivity contribution in [2.24, 2.45) is 0 Å². The van der Waals surface area contributed by atoms with Crippen LogP contribution >= 0.6 is 11.6 Å². The Morgan fingerprint density at radius 2 is 1.68 bits per heavy atom. The molecule has 1 heterocycles. The highest BCUT2D eigenvalue weighted by atomic mass is 35.5. The minimum absolute atomic E-state index is 0.304. The number of benzene rings is 2. The van der Waals surface area contributed by atoms with Gasteiger partial charge in [-0.3, -0.25) is 0 Å². The number of methoxy groups -OCH3 is 1. The zero-order chi connectivity index (χ0) is 18.2. The van der Waals surface area contributed by atoms with Crippen molar-refractivity contribution in [1.82, 2.24) is 4.57 Å². The molecular formula is C19H18ClNO3S. The van der Waals surface area contributed by atoms with Crippen LogP contribution in [-0.2, 0) is 9.84 Å². The van der Waals surface area contributed by atoms with Gasteiger partial charge in [-0.15, -0.1) is 0 Å². The second-order valence-electron chi connectivity index (χ2n) is 5.81. The third-order valence-electron chi connectivity index (χ3n) is 4.05. The Morgan fingerprint density at radius 1 is 1.00 bits per heavy atom. The summed E-state index contributed by atoms with van der Waals surface area (Å²) in [4.78, 5) is 0.304. The molecule has 0 amide bonds. The lowest BCUT2D eigenvalue weighted by molar-refractivity contribution is 0.415. The van der Waals surface area contributed by atoms with E-state index in [1.807, 2.05) is 49.4 Å². The van der Waals surface area contributed by atoms with E-state index in [-0.39, 0.29) is 0 Å². The van der Waals surface area contributed by atoms with Crippen LogP contribution in [0.25, 0.3) is 16.9 Å². The molecule has 0 atom stereocenters. The molecular weight excluding hydrogens is 358 g/mol. The zero-order valence-corrected chi connectivity index (χ0v) is 15.7. The van der Waals surface area contributed by atoms with Crippen molar-refractivity contribution in [2.75, 3.05) is 13.4 Å². The van der Waals surface area contributed by atoms with Crippen LogP contribution in [0.2, 0.25) is 5.02 Å². The fourth-order valence-corrected chi connectivity index (χ4v) is 3.66. The van der Waals surface area contributed by atoms with E-state index < -0.39 is 9.84 Å². The first-order valence-corrected chi connectivity index (χ1v) is 9.91. The van der Waals surface area contributed by atoms with Crippen LogP contribution in [0.4, 0.5) is 0 Å². The van der Waals surface area contributed by atoms with Crippen molar-refractivity contribution in [3.8, 4) is 22.7 Å². The van der Waals surface area contributed by atoms with E-state index >= 15 is 0 Å². The first kappa shape index (κ1) is 17.6. The number of aryl methyl sites for hydroxylation is 1. The van der Waals surface area contributed by atoms with E-state index in [1.54, 1.807) is 19.2 Å². The highest BCUT2D eigenvalue weighted by Crippen LogP contribution is 2.31. The van der Waals surface area contributed by atoms with Crippen LogP contribution in [0.3, 0.4) is 0 Å². The number of hydrogen-bond donors (Lipinski definition) is 0. The minimum atomic E-state index is -3.21. The van der Waals surface area contributed by atoms with Gasteiger partial charge in [0, 0.05) is 17.6 Å². The van der Waals surface area contributed by atoms with Gasteiger partial charge in [0.25, 0.3) is 0 Å². The Morgan fingerprint density at radius 3 is 2.24 bits per heavy atom. The standard InChI is InChI=1S/C19H18ClNO3S/c1-13-4-10-18(14-5-8-16(9-6-14)25(3,22)23)21(13)15-7-11-19(24-2)17(20)12-15/h4-12H,1-3H3. The summed E-state index contributed by atoms with van der Waals surface area (Å²) >= 11 is 6.26. The second kappa shape index (κ2) is 6.58. The number of hydrogen-bond acceptors (Lipinski definition) is 3. The average Bonchev–Trinajstić information content (AvgIpc) is 2.95. The van der Waals surface area contributed by atoms with Gasteiger partial charge >= 0.3 is 0 Å². The van der Waals surface area contributed by atoms with Crippen LogP contribution in [0.5, 0.6) is 5.75 Å². The molecule has 3 rings (SSSR count). The minimum Gasteiger partial charge on any atom is -0.495 e. The molecule has 2 aromatic carbocycles. The van der Waals surface area contributed by atoms with Crippen molar-refractivity contribution in [1.29, 1.82) is 0 Å². The first-order valence-electron chi connectivity index (χ1n) is 7.64. The van der Waals surface area contributed by atoms with E-state index in [1.165, 1.54) is 6.26 Å². The van der Waals surface area contributed by atoms with E-state index in [9.17, 15) is 8.42 Å². The molecule has 0 radical (unpaired) electrons. The Kier molecular flexibility index (Phi) is 4.62. The maximum Gasteiger partial charge on any atom is 0.175 e. The molecule has 0 N–H and O–H groups in total. The SMILES string of the molecule is COc1ccc(-n2c(C)ccc2-c2ccc(S(C)(=O)=O)cc2)cc1Cl. The molecule has 0 aliphatic carbocycles. The molecule has 130 valence electrons. The molecule has 0 aliphatic heterocycles. The molecule has 0 saturated heterocycles. The largest absolute Gasteiger partial charge is 0.495 e. The first-order chi connectivity index (χ1) is 11.8. The number of aromatic nitrogens is 1. The number of rotatable bonds is 4. The normalized spacial score (nSPS) is 11.5. The van der Waals surface area contributed by atoms with E-state index in [2.05, 4.69) is 4.57 Å². The number of nitrogens with zero attached hydrogens (tertiary/aromatic N) is 1. The fraction of sp³-hybridized carbons (Fsp3) is 0.158. The Balaban J connectivity index is 2.10. The molecule has 0 aliphatic rings. The van der Waals surface area contributed by atoms with Gasteiger partial charge in [0.1, 0.15) is 5.75 Å². The number of ether oxygens (including phenoxy) is 1. The van der Waals surface area contributed by atoms with E-state index in [0.29, 0.717) is 15.7 Å². The van der Waals surface area contributed by atoms with Crippen molar-refractivity contribution in [3.63, 3.8) is 0 Å². The molecule has 0 bridgehead atoms. The van der Waals surface area contributed by atoms with Gasteiger partial charge in [-0.05, 0) is 55.0 Å². The summed E-state index contributed by atoms with van der Waals surface area (Å²) < 4.78 is 30.6. The molecule has 1 aromatic heterocycles. The summed E-state index contributed by atoms with van der Waals surface area (Å²) in [5, 5.41) is 0.534. The highest BCUT2D eigenvalue weighted by Gasteiger charge is 2.13. The Hall–Kier alpha value is -2.24. The van der Waals surface area contributed by atoms with Crippen LogP contribution in [0.1, 0.15) is 5.69 Å². The Bertz CT molecular complexity index is 1020. The Labute approximate surface area is 152 Å².